The van der Waals surface area contributed by atoms with E-state index in [1.807, 2.05) is 18.2 Å². The number of aromatic nitrogens is 2. The van der Waals surface area contributed by atoms with Crippen molar-refractivity contribution in [3.63, 3.8) is 0 Å². The molecule has 1 aliphatic rings. The van der Waals surface area contributed by atoms with Crippen molar-refractivity contribution < 1.29 is 0 Å². The van der Waals surface area contributed by atoms with Gasteiger partial charge in [-0.3, -0.25) is 0 Å². The van der Waals surface area contributed by atoms with Crippen LogP contribution in [0.5, 0.6) is 0 Å². The molecule has 1 aromatic heterocycles. The van der Waals surface area contributed by atoms with Gasteiger partial charge in [0.2, 0.25) is 0 Å². The third-order valence-corrected chi connectivity index (χ3v) is 2.58. The third kappa shape index (κ3) is 2.09. The maximum atomic E-state index is 4.54. The largest absolute Gasteiger partial charge is 0.342 e. The van der Waals surface area contributed by atoms with Crippen molar-refractivity contribution in [1.29, 1.82) is 0 Å². The average molecular weight is 246 g/mol. The molecule has 15 heavy (non-hydrogen) atoms. The summed E-state index contributed by atoms with van der Waals surface area (Å²) in [7, 11) is 0. The van der Waals surface area contributed by atoms with E-state index in [0.717, 1.165) is 29.9 Å². The number of nitrogens with zero attached hydrogens (tertiary/aromatic N) is 1. The molecule has 0 bridgehead atoms. The van der Waals surface area contributed by atoms with E-state index in [0.29, 0.717) is 5.92 Å². The number of benzene rings is 1. The van der Waals surface area contributed by atoms with Gasteiger partial charge in [-0.1, -0.05) is 12.1 Å². The molecule has 3 rings (SSSR count). The van der Waals surface area contributed by atoms with Crippen molar-refractivity contribution in [2.24, 2.45) is 0 Å². The number of nitrogens with one attached hydrogen (secondary N) is 2. The summed E-state index contributed by atoms with van der Waals surface area (Å²) in [5.74, 6) is 1.72. The van der Waals surface area contributed by atoms with Crippen LogP contribution < -0.4 is 5.32 Å². The second-order valence-electron chi connectivity index (χ2n) is 3.49. The van der Waals surface area contributed by atoms with E-state index in [9.17, 15) is 0 Å². The molecule has 0 aliphatic carbocycles. The molecule has 1 fully saturated rings. The Hall–Kier alpha value is -0.770. The first-order valence-corrected chi connectivity index (χ1v) is 4.59. The van der Waals surface area contributed by atoms with Crippen LogP contribution in [-0.2, 0) is 0 Å². The number of rotatable bonds is 1. The minimum absolute atomic E-state index is 0. The highest BCUT2D eigenvalue weighted by Gasteiger charge is 2.21. The number of hydrogen-bond acceptors (Lipinski definition) is 2. The van der Waals surface area contributed by atoms with E-state index >= 15 is 0 Å². The molecule has 0 amide bonds. The zero-order valence-electron chi connectivity index (χ0n) is 8.06. The lowest BCUT2D eigenvalue weighted by molar-refractivity contribution is 0.433. The molecular weight excluding hydrogens is 233 g/mol. The Bertz CT molecular complexity index is 404. The van der Waals surface area contributed by atoms with Crippen LogP contribution in [0, 0.1) is 0 Å². The van der Waals surface area contributed by atoms with Crippen molar-refractivity contribution in [2.75, 3.05) is 13.1 Å². The van der Waals surface area contributed by atoms with E-state index in [2.05, 4.69) is 21.4 Å². The maximum Gasteiger partial charge on any atom is 0.112 e. The monoisotopic (exact) mass is 245 g/mol. The van der Waals surface area contributed by atoms with Crippen LogP contribution in [0.4, 0.5) is 0 Å². The number of H-pyrrole nitrogens is 1. The summed E-state index contributed by atoms with van der Waals surface area (Å²) in [5, 5.41) is 3.24. The summed E-state index contributed by atoms with van der Waals surface area (Å²) in [6.07, 6.45) is 0. The van der Waals surface area contributed by atoms with Crippen LogP contribution in [0.25, 0.3) is 11.0 Å². The van der Waals surface area contributed by atoms with Gasteiger partial charge < -0.3 is 10.3 Å². The number of imidazole rings is 1. The second kappa shape index (κ2) is 4.84. The standard InChI is InChI=1S/C10H11N3.2ClH/c1-2-4-9-8(3-1)12-10(13-9)7-5-11-6-7;;/h1-4,7,11H,5-6H2,(H,12,13);2*1H. The SMILES string of the molecule is Cl.Cl.c1ccc2[nH]c(C3CNC3)nc2c1. The van der Waals surface area contributed by atoms with Gasteiger partial charge in [-0.15, -0.1) is 24.8 Å². The summed E-state index contributed by atoms with van der Waals surface area (Å²) in [6.45, 7) is 2.11. The minimum Gasteiger partial charge on any atom is -0.342 e. The van der Waals surface area contributed by atoms with Crippen molar-refractivity contribution in [3.05, 3.63) is 30.1 Å². The third-order valence-electron chi connectivity index (χ3n) is 2.58. The van der Waals surface area contributed by atoms with Crippen molar-refractivity contribution in [3.8, 4) is 0 Å². The Morgan fingerprint density at radius 1 is 1.13 bits per heavy atom. The number of hydrogen-bond donors (Lipinski definition) is 2. The van der Waals surface area contributed by atoms with Crippen LogP contribution in [-0.4, -0.2) is 23.1 Å². The van der Waals surface area contributed by atoms with Gasteiger partial charge >= 0.3 is 0 Å². The second-order valence-corrected chi connectivity index (χ2v) is 3.49. The van der Waals surface area contributed by atoms with Crippen LogP contribution >= 0.6 is 24.8 Å². The highest BCUT2D eigenvalue weighted by atomic mass is 35.5. The molecular formula is C10H13Cl2N3. The van der Waals surface area contributed by atoms with Gasteiger partial charge in [0.05, 0.1) is 11.0 Å². The lowest BCUT2D eigenvalue weighted by Gasteiger charge is -2.24. The van der Waals surface area contributed by atoms with Crippen molar-refractivity contribution >= 4 is 35.8 Å². The minimum atomic E-state index is 0. The predicted molar refractivity (Wildman–Crippen MR) is 66.2 cm³/mol. The van der Waals surface area contributed by atoms with E-state index in [1.54, 1.807) is 0 Å². The summed E-state index contributed by atoms with van der Waals surface area (Å²) in [4.78, 5) is 7.89. The summed E-state index contributed by atoms with van der Waals surface area (Å²) < 4.78 is 0. The fraction of sp³-hybridized carbons (Fsp3) is 0.300. The molecule has 1 aliphatic heterocycles. The molecule has 1 saturated heterocycles. The van der Waals surface area contributed by atoms with Crippen LogP contribution in [0.2, 0.25) is 0 Å². The van der Waals surface area contributed by atoms with E-state index in [1.165, 1.54) is 0 Å². The fourth-order valence-corrected chi connectivity index (χ4v) is 1.65. The zero-order chi connectivity index (χ0) is 8.67. The Kier molecular flexibility index (Phi) is 3.97. The molecule has 0 spiro atoms. The molecule has 0 unspecified atom stereocenters. The first kappa shape index (κ1) is 12.3. The molecule has 3 nitrogen and oxygen atoms in total. The number of aromatic amines is 1. The van der Waals surface area contributed by atoms with E-state index in [4.69, 9.17) is 0 Å². The number of halogens is 2. The molecule has 2 aromatic rings. The van der Waals surface area contributed by atoms with Gasteiger partial charge in [-0.2, -0.15) is 0 Å². The van der Waals surface area contributed by atoms with Gasteiger partial charge in [0.25, 0.3) is 0 Å². The number of fused-ring (bicyclic) bond motifs is 1. The Morgan fingerprint density at radius 3 is 2.47 bits per heavy atom. The fourth-order valence-electron chi connectivity index (χ4n) is 1.65. The quantitative estimate of drug-likeness (QED) is 0.808. The van der Waals surface area contributed by atoms with E-state index < -0.39 is 0 Å². The average Bonchev–Trinajstić information content (AvgIpc) is 2.43. The van der Waals surface area contributed by atoms with Crippen molar-refractivity contribution in [2.45, 2.75) is 5.92 Å². The lowest BCUT2D eigenvalue weighted by Crippen LogP contribution is -2.40. The Balaban J connectivity index is 0.000000562. The van der Waals surface area contributed by atoms with Gasteiger partial charge in [-0.05, 0) is 12.1 Å². The zero-order valence-corrected chi connectivity index (χ0v) is 9.70. The molecule has 2 N–H and O–H groups in total. The van der Waals surface area contributed by atoms with Crippen molar-refractivity contribution in [1.82, 2.24) is 15.3 Å². The highest BCUT2D eigenvalue weighted by molar-refractivity contribution is 5.85. The smallest absolute Gasteiger partial charge is 0.112 e. The number of para-hydroxylation sites is 2. The van der Waals surface area contributed by atoms with Crippen LogP contribution in [0.3, 0.4) is 0 Å². The predicted octanol–water partition coefficient (Wildman–Crippen LogP) is 2.09. The summed E-state index contributed by atoms with van der Waals surface area (Å²) in [6, 6.07) is 8.16. The van der Waals surface area contributed by atoms with E-state index in [-0.39, 0.29) is 24.8 Å². The summed E-state index contributed by atoms with van der Waals surface area (Å²) in [5.41, 5.74) is 2.22. The Morgan fingerprint density at radius 2 is 1.87 bits per heavy atom. The molecule has 2 heterocycles. The topological polar surface area (TPSA) is 40.7 Å². The first-order chi connectivity index (χ1) is 6.43. The normalized spacial score (nSPS) is 15.2. The molecule has 5 heteroatoms. The van der Waals surface area contributed by atoms with Crippen LogP contribution in [0.1, 0.15) is 11.7 Å². The lowest BCUT2D eigenvalue weighted by atomic mass is 10.0. The molecule has 0 atom stereocenters. The summed E-state index contributed by atoms with van der Waals surface area (Å²) >= 11 is 0. The highest BCUT2D eigenvalue weighted by Crippen LogP contribution is 2.19. The van der Waals surface area contributed by atoms with Gasteiger partial charge in [0.1, 0.15) is 5.82 Å². The maximum absolute atomic E-state index is 4.54. The molecule has 1 aromatic carbocycles. The molecule has 82 valence electrons. The van der Waals surface area contributed by atoms with Gasteiger partial charge in [-0.25, -0.2) is 4.98 Å². The molecule has 0 radical (unpaired) electrons. The van der Waals surface area contributed by atoms with Gasteiger partial charge in [0.15, 0.2) is 0 Å². The van der Waals surface area contributed by atoms with Gasteiger partial charge in [0, 0.05) is 19.0 Å². The Labute approximate surface area is 100 Å². The molecule has 0 saturated carbocycles. The van der Waals surface area contributed by atoms with Crippen LogP contribution in [0.15, 0.2) is 24.3 Å². The first-order valence-electron chi connectivity index (χ1n) is 4.59.